The Morgan fingerprint density at radius 1 is 1.32 bits per heavy atom. The Morgan fingerprint density at radius 2 is 2.05 bits per heavy atom. The largest absolute Gasteiger partial charge is 0.399 e. The van der Waals surface area contributed by atoms with Crippen LogP contribution in [0.25, 0.3) is 0 Å². The molecule has 1 atom stereocenters. The van der Waals surface area contributed by atoms with E-state index in [4.69, 9.17) is 10.5 Å². The van der Waals surface area contributed by atoms with Crippen molar-refractivity contribution < 1.29 is 4.74 Å². The van der Waals surface area contributed by atoms with Gasteiger partial charge < -0.3 is 10.5 Å². The number of nitrogens with zero attached hydrogens (tertiary/aromatic N) is 1. The third kappa shape index (κ3) is 4.51. The van der Waals surface area contributed by atoms with E-state index >= 15 is 0 Å². The van der Waals surface area contributed by atoms with E-state index in [0.29, 0.717) is 12.1 Å². The van der Waals surface area contributed by atoms with Crippen molar-refractivity contribution >= 4 is 5.69 Å². The lowest BCUT2D eigenvalue weighted by atomic mass is 10.1. The Bertz CT molecular complexity index is 369. The first kappa shape index (κ1) is 14.4. The van der Waals surface area contributed by atoms with Crippen LogP contribution in [0.4, 0.5) is 5.69 Å². The zero-order valence-electron chi connectivity index (χ0n) is 12.1. The van der Waals surface area contributed by atoms with Gasteiger partial charge in [0.05, 0.1) is 6.10 Å². The molecule has 2 rings (SSSR count). The van der Waals surface area contributed by atoms with Gasteiger partial charge in [0.25, 0.3) is 0 Å². The molecule has 1 aromatic rings. The molecule has 106 valence electrons. The molecule has 1 fully saturated rings. The SMILES string of the molecule is CC(C)N(CCC1CCCO1)Cc1ccc(N)cc1. The van der Waals surface area contributed by atoms with Gasteiger partial charge in [-0.25, -0.2) is 0 Å². The highest BCUT2D eigenvalue weighted by Crippen LogP contribution is 2.17. The predicted octanol–water partition coefficient (Wildman–Crippen LogP) is 3.05. The average molecular weight is 262 g/mol. The van der Waals surface area contributed by atoms with Crippen LogP contribution in [0.15, 0.2) is 24.3 Å². The molecule has 1 aromatic carbocycles. The summed E-state index contributed by atoms with van der Waals surface area (Å²) >= 11 is 0. The van der Waals surface area contributed by atoms with Crippen LogP contribution in [-0.2, 0) is 11.3 Å². The Balaban J connectivity index is 1.86. The third-order valence-corrected chi connectivity index (χ3v) is 3.86. The van der Waals surface area contributed by atoms with Crippen molar-refractivity contribution in [1.82, 2.24) is 4.90 Å². The number of rotatable bonds is 6. The molecule has 1 heterocycles. The summed E-state index contributed by atoms with van der Waals surface area (Å²) in [4.78, 5) is 2.51. The number of ether oxygens (including phenoxy) is 1. The average Bonchev–Trinajstić information content (AvgIpc) is 2.89. The molecule has 0 bridgehead atoms. The molecular formula is C16H26N2O. The van der Waals surface area contributed by atoms with Crippen molar-refractivity contribution in [3.63, 3.8) is 0 Å². The van der Waals surface area contributed by atoms with E-state index in [-0.39, 0.29) is 0 Å². The maximum absolute atomic E-state index is 5.73. The van der Waals surface area contributed by atoms with Gasteiger partial charge in [-0.05, 0) is 50.8 Å². The standard InChI is InChI=1S/C16H26N2O/c1-13(2)18(10-9-16-4-3-11-19-16)12-14-5-7-15(17)8-6-14/h5-8,13,16H,3-4,9-12,17H2,1-2H3. The van der Waals surface area contributed by atoms with Gasteiger partial charge >= 0.3 is 0 Å². The Hall–Kier alpha value is -1.06. The lowest BCUT2D eigenvalue weighted by Gasteiger charge is -2.27. The number of hydrogen-bond donors (Lipinski definition) is 1. The summed E-state index contributed by atoms with van der Waals surface area (Å²) in [6.07, 6.45) is 4.08. The maximum atomic E-state index is 5.73. The normalized spacial score (nSPS) is 19.5. The summed E-state index contributed by atoms with van der Waals surface area (Å²) in [5, 5.41) is 0. The van der Waals surface area contributed by atoms with Crippen molar-refractivity contribution in [2.75, 3.05) is 18.9 Å². The van der Waals surface area contributed by atoms with Crippen LogP contribution >= 0.6 is 0 Å². The summed E-state index contributed by atoms with van der Waals surface area (Å²) in [7, 11) is 0. The molecule has 0 saturated carbocycles. The summed E-state index contributed by atoms with van der Waals surface area (Å²) in [6.45, 7) is 7.56. The van der Waals surface area contributed by atoms with E-state index in [0.717, 1.165) is 31.8 Å². The van der Waals surface area contributed by atoms with Crippen molar-refractivity contribution in [2.45, 2.75) is 51.8 Å². The molecule has 0 spiro atoms. The lowest BCUT2D eigenvalue weighted by molar-refractivity contribution is 0.0855. The van der Waals surface area contributed by atoms with Crippen molar-refractivity contribution in [3.05, 3.63) is 29.8 Å². The van der Waals surface area contributed by atoms with Crippen LogP contribution in [0, 0.1) is 0 Å². The van der Waals surface area contributed by atoms with Crippen LogP contribution in [0.1, 0.15) is 38.7 Å². The van der Waals surface area contributed by atoms with Crippen molar-refractivity contribution in [1.29, 1.82) is 0 Å². The minimum absolute atomic E-state index is 0.479. The first-order valence-electron chi connectivity index (χ1n) is 7.35. The summed E-state index contributed by atoms with van der Waals surface area (Å²) < 4.78 is 5.71. The van der Waals surface area contributed by atoms with Gasteiger partial charge in [0.2, 0.25) is 0 Å². The Kier molecular flexibility index (Phi) is 5.23. The molecule has 1 saturated heterocycles. The molecular weight excluding hydrogens is 236 g/mol. The van der Waals surface area contributed by atoms with Gasteiger partial charge in [0.15, 0.2) is 0 Å². The van der Waals surface area contributed by atoms with Gasteiger partial charge in [0.1, 0.15) is 0 Å². The van der Waals surface area contributed by atoms with Crippen molar-refractivity contribution in [2.24, 2.45) is 0 Å². The van der Waals surface area contributed by atoms with E-state index in [9.17, 15) is 0 Å². The Morgan fingerprint density at radius 3 is 2.63 bits per heavy atom. The first-order chi connectivity index (χ1) is 9.15. The highest BCUT2D eigenvalue weighted by Gasteiger charge is 2.18. The minimum atomic E-state index is 0.479. The molecule has 0 aromatic heterocycles. The van der Waals surface area contributed by atoms with Gasteiger partial charge in [-0.3, -0.25) is 4.90 Å². The van der Waals surface area contributed by atoms with E-state index in [2.05, 4.69) is 30.9 Å². The number of hydrogen-bond acceptors (Lipinski definition) is 3. The summed E-state index contributed by atoms with van der Waals surface area (Å²) in [5.74, 6) is 0. The summed E-state index contributed by atoms with van der Waals surface area (Å²) in [6, 6.07) is 8.76. The van der Waals surface area contributed by atoms with Crippen molar-refractivity contribution in [3.8, 4) is 0 Å². The van der Waals surface area contributed by atoms with E-state index in [1.165, 1.54) is 18.4 Å². The first-order valence-corrected chi connectivity index (χ1v) is 7.35. The quantitative estimate of drug-likeness (QED) is 0.801. The van der Waals surface area contributed by atoms with Gasteiger partial charge in [-0.15, -0.1) is 0 Å². The molecule has 0 aliphatic carbocycles. The molecule has 0 amide bonds. The second-order valence-corrected chi connectivity index (χ2v) is 5.73. The van der Waals surface area contributed by atoms with Crippen LogP contribution in [0.2, 0.25) is 0 Å². The van der Waals surface area contributed by atoms with E-state index in [1.807, 2.05) is 12.1 Å². The minimum Gasteiger partial charge on any atom is -0.399 e. The molecule has 2 N–H and O–H groups in total. The second-order valence-electron chi connectivity index (χ2n) is 5.73. The third-order valence-electron chi connectivity index (χ3n) is 3.86. The number of anilines is 1. The predicted molar refractivity (Wildman–Crippen MR) is 80.0 cm³/mol. The number of benzene rings is 1. The number of nitrogens with two attached hydrogens (primary N) is 1. The number of nitrogen functional groups attached to an aromatic ring is 1. The molecule has 3 nitrogen and oxygen atoms in total. The molecule has 19 heavy (non-hydrogen) atoms. The fraction of sp³-hybridized carbons (Fsp3) is 0.625. The fourth-order valence-corrected chi connectivity index (χ4v) is 2.56. The van der Waals surface area contributed by atoms with Crippen LogP contribution in [0.5, 0.6) is 0 Å². The Labute approximate surface area is 116 Å². The summed E-state index contributed by atoms with van der Waals surface area (Å²) in [5.41, 5.74) is 7.89. The van der Waals surface area contributed by atoms with E-state index < -0.39 is 0 Å². The highest BCUT2D eigenvalue weighted by atomic mass is 16.5. The maximum Gasteiger partial charge on any atom is 0.0588 e. The zero-order chi connectivity index (χ0) is 13.7. The topological polar surface area (TPSA) is 38.5 Å². The molecule has 0 radical (unpaired) electrons. The molecule has 1 unspecified atom stereocenters. The van der Waals surface area contributed by atoms with Gasteiger partial charge in [-0.1, -0.05) is 12.1 Å². The smallest absolute Gasteiger partial charge is 0.0588 e. The van der Waals surface area contributed by atoms with Gasteiger partial charge in [0, 0.05) is 31.4 Å². The fourth-order valence-electron chi connectivity index (χ4n) is 2.56. The van der Waals surface area contributed by atoms with Crippen LogP contribution < -0.4 is 5.73 Å². The van der Waals surface area contributed by atoms with Gasteiger partial charge in [-0.2, -0.15) is 0 Å². The molecule has 3 heteroatoms. The van der Waals surface area contributed by atoms with Crippen LogP contribution in [-0.4, -0.2) is 30.2 Å². The molecule has 1 aliphatic rings. The van der Waals surface area contributed by atoms with E-state index in [1.54, 1.807) is 0 Å². The highest BCUT2D eigenvalue weighted by molar-refractivity contribution is 5.39. The molecule has 1 aliphatic heterocycles. The van der Waals surface area contributed by atoms with Crippen LogP contribution in [0.3, 0.4) is 0 Å². The lowest BCUT2D eigenvalue weighted by Crippen LogP contribution is -2.33. The second kappa shape index (κ2) is 6.92. The monoisotopic (exact) mass is 262 g/mol. The zero-order valence-corrected chi connectivity index (χ0v) is 12.1.